The summed E-state index contributed by atoms with van der Waals surface area (Å²) in [6, 6.07) is 9.81. The lowest BCUT2D eigenvalue weighted by Gasteiger charge is -2.27. The Morgan fingerprint density at radius 1 is 0.900 bits per heavy atom. The van der Waals surface area contributed by atoms with Crippen molar-refractivity contribution < 1.29 is 0 Å². The van der Waals surface area contributed by atoms with Gasteiger partial charge in [-0.15, -0.1) is 0 Å². The summed E-state index contributed by atoms with van der Waals surface area (Å²) < 4.78 is 0. The molecule has 114 valence electrons. The topological polar surface area (TPSA) is 12.0 Å². The Labute approximate surface area is 126 Å². The van der Waals surface area contributed by atoms with Crippen LogP contribution >= 0.6 is 0 Å². The van der Waals surface area contributed by atoms with Crippen molar-refractivity contribution in [1.29, 1.82) is 0 Å². The first-order chi connectivity index (χ1) is 9.67. The first-order valence-corrected chi connectivity index (χ1v) is 8.44. The minimum Gasteiger partial charge on any atom is -0.313 e. The van der Waals surface area contributed by atoms with Gasteiger partial charge in [0.25, 0.3) is 0 Å². The van der Waals surface area contributed by atoms with Crippen LogP contribution in [0.3, 0.4) is 0 Å². The van der Waals surface area contributed by atoms with Gasteiger partial charge in [0.2, 0.25) is 0 Å². The maximum Gasteiger partial charge on any atom is 0.0346 e. The van der Waals surface area contributed by atoms with Gasteiger partial charge >= 0.3 is 0 Å². The van der Waals surface area contributed by atoms with Crippen molar-refractivity contribution in [3.8, 4) is 0 Å². The van der Waals surface area contributed by atoms with Crippen molar-refractivity contribution in [3.05, 3.63) is 35.4 Å². The Morgan fingerprint density at radius 3 is 1.80 bits per heavy atom. The molecule has 0 heterocycles. The highest BCUT2D eigenvalue weighted by Crippen LogP contribution is 2.30. The minimum absolute atomic E-state index is 0.501. The highest BCUT2D eigenvalue weighted by molar-refractivity contribution is 5.27. The monoisotopic (exact) mass is 275 g/mol. The Kier molecular flexibility index (Phi) is 7.91. The maximum absolute atomic E-state index is 3.55. The van der Waals surface area contributed by atoms with E-state index in [1.54, 1.807) is 0 Å². The molecule has 0 saturated heterocycles. The number of hydrogen-bond acceptors (Lipinski definition) is 1. The smallest absolute Gasteiger partial charge is 0.0346 e. The van der Waals surface area contributed by atoms with Crippen LogP contribution in [0.2, 0.25) is 0 Å². The molecule has 1 heteroatoms. The first kappa shape index (κ1) is 17.2. The van der Waals surface area contributed by atoms with E-state index >= 15 is 0 Å². The van der Waals surface area contributed by atoms with Gasteiger partial charge in [0.1, 0.15) is 0 Å². The van der Waals surface area contributed by atoms with Crippen LogP contribution in [-0.2, 0) is 0 Å². The average Bonchev–Trinajstić information content (AvgIpc) is 2.48. The SMILES string of the molecule is CCCC(CCC)C(NC)c1ccc(C(C)CC)cc1. The third-order valence-electron chi connectivity index (χ3n) is 4.58. The van der Waals surface area contributed by atoms with Crippen molar-refractivity contribution in [2.24, 2.45) is 5.92 Å². The van der Waals surface area contributed by atoms with Crippen LogP contribution < -0.4 is 5.32 Å². The van der Waals surface area contributed by atoms with E-state index in [4.69, 9.17) is 0 Å². The van der Waals surface area contributed by atoms with E-state index in [2.05, 4.69) is 64.3 Å². The van der Waals surface area contributed by atoms with Crippen LogP contribution in [0.25, 0.3) is 0 Å². The second kappa shape index (κ2) is 9.18. The fourth-order valence-corrected chi connectivity index (χ4v) is 3.16. The number of nitrogens with one attached hydrogen (secondary N) is 1. The summed E-state index contributed by atoms with van der Waals surface area (Å²) in [7, 11) is 2.10. The summed E-state index contributed by atoms with van der Waals surface area (Å²) in [4.78, 5) is 0. The molecule has 1 aromatic rings. The highest BCUT2D eigenvalue weighted by atomic mass is 14.9. The van der Waals surface area contributed by atoms with Gasteiger partial charge in [-0.2, -0.15) is 0 Å². The molecule has 1 rings (SSSR count). The molecule has 0 saturated carbocycles. The highest BCUT2D eigenvalue weighted by Gasteiger charge is 2.20. The van der Waals surface area contributed by atoms with Crippen molar-refractivity contribution in [3.63, 3.8) is 0 Å². The fraction of sp³-hybridized carbons (Fsp3) is 0.684. The zero-order valence-electron chi connectivity index (χ0n) is 14.1. The van der Waals surface area contributed by atoms with Crippen molar-refractivity contribution in [2.45, 2.75) is 71.8 Å². The van der Waals surface area contributed by atoms with Gasteiger partial charge in [-0.05, 0) is 49.3 Å². The van der Waals surface area contributed by atoms with E-state index < -0.39 is 0 Å². The molecule has 20 heavy (non-hydrogen) atoms. The summed E-state index contributed by atoms with van der Waals surface area (Å²) >= 11 is 0. The summed E-state index contributed by atoms with van der Waals surface area (Å²) in [6.45, 7) is 9.15. The Balaban J connectivity index is 2.87. The zero-order chi connectivity index (χ0) is 15.0. The number of rotatable bonds is 9. The molecule has 1 nitrogen and oxygen atoms in total. The van der Waals surface area contributed by atoms with Crippen LogP contribution in [0.1, 0.15) is 82.9 Å². The molecule has 0 aromatic heterocycles. The summed E-state index contributed by atoms with van der Waals surface area (Å²) in [5.41, 5.74) is 2.92. The number of hydrogen-bond donors (Lipinski definition) is 1. The van der Waals surface area contributed by atoms with Crippen molar-refractivity contribution >= 4 is 0 Å². The van der Waals surface area contributed by atoms with Gasteiger partial charge in [-0.3, -0.25) is 0 Å². The molecular formula is C19H33N. The lowest BCUT2D eigenvalue weighted by molar-refractivity contribution is 0.331. The Hall–Kier alpha value is -0.820. The molecule has 0 fully saturated rings. The van der Waals surface area contributed by atoms with Gasteiger partial charge in [0.15, 0.2) is 0 Å². The first-order valence-electron chi connectivity index (χ1n) is 8.44. The van der Waals surface area contributed by atoms with Crippen LogP contribution in [0.15, 0.2) is 24.3 Å². The maximum atomic E-state index is 3.55. The summed E-state index contributed by atoms with van der Waals surface area (Å²) in [5, 5.41) is 3.55. The summed E-state index contributed by atoms with van der Waals surface area (Å²) in [5.74, 6) is 1.42. The van der Waals surface area contributed by atoms with Gasteiger partial charge in [0, 0.05) is 6.04 Å². The Bertz CT molecular complexity index is 349. The molecule has 1 aromatic carbocycles. The molecule has 0 aliphatic heterocycles. The molecular weight excluding hydrogens is 242 g/mol. The van der Waals surface area contributed by atoms with Gasteiger partial charge < -0.3 is 5.32 Å². The van der Waals surface area contributed by atoms with E-state index in [1.165, 1.54) is 43.2 Å². The molecule has 0 amide bonds. The van der Waals surface area contributed by atoms with Crippen LogP contribution in [0, 0.1) is 5.92 Å². The Morgan fingerprint density at radius 2 is 1.40 bits per heavy atom. The predicted octanol–water partition coefficient (Wildman–Crippen LogP) is 5.68. The van der Waals surface area contributed by atoms with Crippen molar-refractivity contribution in [2.75, 3.05) is 7.05 Å². The normalized spacial score (nSPS) is 14.5. The predicted molar refractivity (Wildman–Crippen MR) is 90.3 cm³/mol. The molecule has 0 spiro atoms. The zero-order valence-corrected chi connectivity index (χ0v) is 14.1. The molecule has 2 atom stereocenters. The lowest BCUT2D eigenvalue weighted by atomic mass is 9.85. The minimum atomic E-state index is 0.501. The van der Waals surface area contributed by atoms with Gasteiger partial charge in [0.05, 0.1) is 0 Å². The largest absolute Gasteiger partial charge is 0.313 e. The van der Waals surface area contributed by atoms with Crippen LogP contribution in [-0.4, -0.2) is 7.05 Å². The van der Waals surface area contributed by atoms with E-state index in [0.717, 1.165) is 5.92 Å². The third kappa shape index (κ3) is 4.63. The molecule has 0 aliphatic rings. The van der Waals surface area contributed by atoms with E-state index in [1.807, 2.05) is 0 Å². The van der Waals surface area contributed by atoms with Gasteiger partial charge in [-0.1, -0.05) is 64.8 Å². The average molecular weight is 275 g/mol. The fourth-order valence-electron chi connectivity index (χ4n) is 3.16. The molecule has 1 N–H and O–H groups in total. The second-order valence-electron chi connectivity index (χ2n) is 6.08. The van der Waals surface area contributed by atoms with E-state index in [-0.39, 0.29) is 0 Å². The third-order valence-corrected chi connectivity index (χ3v) is 4.58. The van der Waals surface area contributed by atoms with Crippen LogP contribution in [0.4, 0.5) is 0 Å². The quantitative estimate of drug-likeness (QED) is 0.611. The molecule has 0 bridgehead atoms. The van der Waals surface area contributed by atoms with E-state index in [9.17, 15) is 0 Å². The lowest BCUT2D eigenvalue weighted by Crippen LogP contribution is -2.25. The van der Waals surface area contributed by atoms with E-state index in [0.29, 0.717) is 12.0 Å². The van der Waals surface area contributed by atoms with Crippen LogP contribution in [0.5, 0.6) is 0 Å². The molecule has 2 unspecified atom stereocenters. The summed E-state index contributed by atoms with van der Waals surface area (Å²) in [6.07, 6.45) is 6.38. The van der Waals surface area contributed by atoms with Crippen molar-refractivity contribution in [1.82, 2.24) is 5.32 Å². The molecule has 0 radical (unpaired) electrons. The standard InChI is InChI=1S/C19H33N/c1-6-9-17(10-7-2)19(20-5)18-13-11-16(12-14-18)15(4)8-3/h11-15,17,19-20H,6-10H2,1-5H3. The number of benzene rings is 1. The van der Waals surface area contributed by atoms with Gasteiger partial charge in [-0.25, -0.2) is 0 Å². The molecule has 0 aliphatic carbocycles. The second-order valence-corrected chi connectivity index (χ2v) is 6.08.